The molecule has 0 radical (unpaired) electrons. The molecule has 2 N–H and O–H groups in total. The molecule has 1 fully saturated rings. The lowest BCUT2D eigenvalue weighted by atomic mass is 10.0. The van der Waals surface area contributed by atoms with E-state index in [0.29, 0.717) is 6.04 Å². The molecule has 2 unspecified atom stereocenters. The van der Waals surface area contributed by atoms with Crippen LogP contribution in [0.25, 0.3) is 0 Å². The monoisotopic (exact) mass is 284 g/mol. The number of nitrogens with zero attached hydrogens (tertiary/aromatic N) is 1. The highest BCUT2D eigenvalue weighted by molar-refractivity contribution is 4.80. The summed E-state index contributed by atoms with van der Waals surface area (Å²) in [5.74, 6) is 0. The molecule has 3 heteroatoms. The van der Waals surface area contributed by atoms with Crippen molar-refractivity contribution in [3.8, 4) is 0 Å². The van der Waals surface area contributed by atoms with Gasteiger partial charge in [0.15, 0.2) is 0 Å². The molecule has 0 aromatic rings. The molecule has 1 saturated heterocycles. The Bertz CT molecular complexity index is 215. The minimum atomic E-state index is -0.197. The van der Waals surface area contributed by atoms with E-state index in [0.717, 1.165) is 32.6 Å². The number of piperazine rings is 1. The molecule has 1 heterocycles. The fraction of sp³-hybridized carbons (Fsp3) is 1.00. The largest absolute Gasteiger partial charge is 0.392 e. The Morgan fingerprint density at radius 3 is 2.05 bits per heavy atom. The van der Waals surface area contributed by atoms with Gasteiger partial charge in [-0.05, 0) is 13.3 Å². The molecule has 120 valence electrons. The number of hydrogen-bond donors (Lipinski definition) is 2. The number of aliphatic hydroxyl groups is 1. The quantitative estimate of drug-likeness (QED) is 0.572. The smallest absolute Gasteiger partial charge is 0.0667 e. The van der Waals surface area contributed by atoms with Crippen molar-refractivity contribution in [2.75, 3.05) is 26.2 Å². The second kappa shape index (κ2) is 11.5. The van der Waals surface area contributed by atoms with Gasteiger partial charge in [-0.15, -0.1) is 0 Å². The minimum absolute atomic E-state index is 0.197. The highest BCUT2D eigenvalue weighted by Crippen LogP contribution is 2.16. The number of nitrogens with one attached hydrogen (secondary N) is 1. The van der Waals surface area contributed by atoms with E-state index in [9.17, 15) is 5.11 Å². The van der Waals surface area contributed by atoms with Crippen LogP contribution < -0.4 is 5.32 Å². The van der Waals surface area contributed by atoms with Gasteiger partial charge in [-0.3, -0.25) is 4.90 Å². The first-order chi connectivity index (χ1) is 9.75. The summed E-state index contributed by atoms with van der Waals surface area (Å²) in [6.45, 7) is 8.55. The lowest BCUT2D eigenvalue weighted by Gasteiger charge is -2.36. The third kappa shape index (κ3) is 7.61. The predicted octanol–water partition coefficient (Wildman–Crippen LogP) is 3.17. The Hall–Kier alpha value is -0.120. The molecule has 0 amide bonds. The Balaban J connectivity index is 2.07. The normalized spacial score (nSPS) is 19.9. The second-order valence-corrected chi connectivity index (χ2v) is 6.36. The van der Waals surface area contributed by atoms with E-state index < -0.39 is 0 Å². The summed E-state index contributed by atoms with van der Waals surface area (Å²) in [4.78, 5) is 2.47. The lowest BCUT2D eigenvalue weighted by Crippen LogP contribution is -2.51. The Morgan fingerprint density at radius 1 is 0.950 bits per heavy atom. The van der Waals surface area contributed by atoms with Gasteiger partial charge in [0.2, 0.25) is 0 Å². The summed E-state index contributed by atoms with van der Waals surface area (Å²) >= 11 is 0. The maximum atomic E-state index is 10.0. The van der Waals surface area contributed by atoms with E-state index in [1.165, 1.54) is 51.4 Å². The third-order valence-electron chi connectivity index (χ3n) is 4.53. The summed E-state index contributed by atoms with van der Waals surface area (Å²) in [5, 5.41) is 13.4. The van der Waals surface area contributed by atoms with Crippen LogP contribution in [-0.4, -0.2) is 48.3 Å². The zero-order chi connectivity index (χ0) is 14.6. The van der Waals surface area contributed by atoms with Gasteiger partial charge in [-0.25, -0.2) is 0 Å². The molecule has 1 aliphatic rings. The van der Waals surface area contributed by atoms with Crippen LogP contribution in [0.5, 0.6) is 0 Å². The third-order valence-corrected chi connectivity index (χ3v) is 4.53. The summed E-state index contributed by atoms with van der Waals surface area (Å²) in [5.41, 5.74) is 0. The van der Waals surface area contributed by atoms with Gasteiger partial charge < -0.3 is 10.4 Å². The Kier molecular flexibility index (Phi) is 10.3. The highest BCUT2D eigenvalue weighted by Gasteiger charge is 2.23. The van der Waals surface area contributed by atoms with Gasteiger partial charge in [0.05, 0.1) is 6.10 Å². The molecule has 0 aliphatic carbocycles. The van der Waals surface area contributed by atoms with Crippen molar-refractivity contribution >= 4 is 0 Å². The van der Waals surface area contributed by atoms with Crippen molar-refractivity contribution in [3.63, 3.8) is 0 Å². The summed E-state index contributed by atoms with van der Waals surface area (Å²) in [7, 11) is 0. The summed E-state index contributed by atoms with van der Waals surface area (Å²) in [6, 6.07) is 0.372. The fourth-order valence-electron chi connectivity index (χ4n) is 3.23. The van der Waals surface area contributed by atoms with Crippen molar-refractivity contribution in [2.24, 2.45) is 0 Å². The molecular formula is C17H36N2O. The highest BCUT2D eigenvalue weighted by atomic mass is 16.3. The number of hydrogen-bond acceptors (Lipinski definition) is 3. The van der Waals surface area contributed by atoms with E-state index in [2.05, 4.69) is 17.1 Å². The van der Waals surface area contributed by atoms with E-state index in [4.69, 9.17) is 0 Å². The topological polar surface area (TPSA) is 35.5 Å². The van der Waals surface area contributed by atoms with Crippen LogP contribution in [0.15, 0.2) is 0 Å². The van der Waals surface area contributed by atoms with Gasteiger partial charge in [0.25, 0.3) is 0 Å². The van der Waals surface area contributed by atoms with Crippen LogP contribution >= 0.6 is 0 Å². The fourth-order valence-corrected chi connectivity index (χ4v) is 3.23. The molecule has 20 heavy (non-hydrogen) atoms. The van der Waals surface area contributed by atoms with Crippen molar-refractivity contribution in [1.29, 1.82) is 0 Å². The molecule has 3 nitrogen and oxygen atoms in total. The predicted molar refractivity (Wildman–Crippen MR) is 87.1 cm³/mol. The summed E-state index contributed by atoms with van der Waals surface area (Å²) < 4.78 is 0. The average molecular weight is 284 g/mol. The maximum absolute atomic E-state index is 10.0. The zero-order valence-electron chi connectivity index (χ0n) is 13.7. The minimum Gasteiger partial charge on any atom is -0.392 e. The van der Waals surface area contributed by atoms with Crippen LogP contribution in [0.3, 0.4) is 0 Å². The van der Waals surface area contributed by atoms with E-state index in [-0.39, 0.29) is 6.10 Å². The molecule has 0 saturated carbocycles. The van der Waals surface area contributed by atoms with Crippen molar-refractivity contribution in [1.82, 2.24) is 10.2 Å². The first kappa shape index (κ1) is 17.9. The van der Waals surface area contributed by atoms with E-state index >= 15 is 0 Å². The molecule has 0 bridgehead atoms. The lowest BCUT2D eigenvalue weighted by molar-refractivity contribution is 0.0468. The van der Waals surface area contributed by atoms with Gasteiger partial charge in [-0.2, -0.15) is 0 Å². The first-order valence-corrected chi connectivity index (χ1v) is 8.88. The average Bonchev–Trinajstić information content (AvgIpc) is 2.46. The first-order valence-electron chi connectivity index (χ1n) is 8.88. The van der Waals surface area contributed by atoms with Crippen LogP contribution in [0.1, 0.15) is 71.6 Å². The molecule has 0 spiro atoms. The van der Waals surface area contributed by atoms with Gasteiger partial charge in [-0.1, -0.05) is 58.3 Å². The Morgan fingerprint density at radius 2 is 1.50 bits per heavy atom. The number of rotatable bonds is 11. The van der Waals surface area contributed by atoms with Crippen LogP contribution in [0.2, 0.25) is 0 Å². The maximum Gasteiger partial charge on any atom is 0.0667 e. The second-order valence-electron chi connectivity index (χ2n) is 6.36. The van der Waals surface area contributed by atoms with E-state index in [1.54, 1.807) is 0 Å². The molecule has 1 aliphatic heterocycles. The van der Waals surface area contributed by atoms with Crippen LogP contribution in [0, 0.1) is 0 Å². The zero-order valence-corrected chi connectivity index (χ0v) is 13.7. The van der Waals surface area contributed by atoms with E-state index in [1.807, 2.05) is 6.92 Å². The van der Waals surface area contributed by atoms with Crippen molar-refractivity contribution < 1.29 is 5.11 Å². The number of aliphatic hydroxyl groups excluding tert-OH is 1. The van der Waals surface area contributed by atoms with Gasteiger partial charge in [0, 0.05) is 32.2 Å². The molecule has 2 atom stereocenters. The number of unbranched alkanes of at least 4 members (excludes halogenated alkanes) is 7. The molecule has 0 aromatic carbocycles. The molecule has 0 aromatic heterocycles. The SMILES string of the molecule is CCCCCCCCCCC(C(C)O)N1CCNCC1. The van der Waals surface area contributed by atoms with Crippen molar-refractivity contribution in [3.05, 3.63) is 0 Å². The van der Waals surface area contributed by atoms with Crippen molar-refractivity contribution in [2.45, 2.75) is 83.8 Å². The van der Waals surface area contributed by atoms with Crippen LogP contribution in [0.4, 0.5) is 0 Å². The van der Waals surface area contributed by atoms with Gasteiger partial charge >= 0.3 is 0 Å². The molecular weight excluding hydrogens is 248 g/mol. The van der Waals surface area contributed by atoms with Gasteiger partial charge in [0.1, 0.15) is 0 Å². The van der Waals surface area contributed by atoms with Crippen LogP contribution in [-0.2, 0) is 0 Å². The Labute approximate surface area is 126 Å². The molecule has 1 rings (SSSR count). The summed E-state index contributed by atoms with van der Waals surface area (Å²) in [6.07, 6.45) is 11.9. The standard InChI is InChI=1S/C17H36N2O/c1-3-4-5-6-7-8-9-10-11-17(16(2)20)19-14-12-18-13-15-19/h16-18,20H,3-15H2,1-2H3.